The van der Waals surface area contributed by atoms with E-state index in [2.05, 4.69) is 4.98 Å². The van der Waals surface area contributed by atoms with Gasteiger partial charge in [-0.3, -0.25) is 0 Å². The number of hydrogen-bond donors (Lipinski definition) is 0. The Morgan fingerprint density at radius 1 is 1.27 bits per heavy atom. The lowest BCUT2D eigenvalue weighted by Gasteiger charge is -2.32. The maximum absolute atomic E-state index is 12.2. The van der Waals surface area contributed by atoms with E-state index < -0.39 is 12.7 Å². The third-order valence-electron chi connectivity index (χ3n) is 5.35. The summed E-state index contributed by atoms with van der Waals surface area (Å²) in [4.78, 5) is 18.5. The van der Waals surface area contributed by atoms with Crippen LogP contribution in [0, 0.1) is 0 Å². The highest BCUT2D eigenvalue weighted by Gasteiger charge is 2.52. The van der Waals surface area contributed by atoms with Crippen molar-refractivity contribution in [3.05, 3.63) is 12.5 Å². The number of nitrogens with zero attached hydrogens (tertiary/aromatic N) is 3. The largest absolute Gasteiger partial charge is 0.516 e. The van der Waals surface area contributed by atoms with Crippen molar-refractivity contribution in [1.82, 2.24) is 14.5 Å². The Kier molecular flexibility index (Phi) is 4.64. The van der Waals surface area contributed by atoms with Gasteiger partial charge in [0.1, 0.15) is 5.60 Å². The number of likely N-dealkylation sites (tertiary alicyclic amines) is 1. The molecule has 2 saturated heterocycles. The summed E-state index contributed by atoms with van der Waals surface area (Å²) in [6.07, 6.45) is 4.37. The molecular weight excluding hydrogens is 333 g/mol. The summed E-state index contributed by atoms with van der Waals surface area (Å²) in [5.74, 6) is 0. The molecule has 2 fully saturated rings. The topological polar surface area (TPSA) is 65.8 Å². The zero-order valence-corrected chi connectivity index (χ0v) is 16.9. The summed E-state index contributed by atoms with van der Waals surface area (Å²) in [6.45, 7) is 15.1. The third kappa shape index (κ3) is 3.76. The zero-order valence-electron chi connectivity index (χ0n) is 16.9. The van der Waals surface area contributed by atoms with Crippen LogP contribution in [0.2, 0.25) is 0 Å². The minimum Gasteiger partial charge on any atom is -0.444 e. The molecule has 8 heteroatoms. The van der Waals surface area contributed by atoms with Gasteiger partial charge < -0.3 is 23.5 Å². The Morgan fingerprint density at radius 3 is 2.46 bits per heavy atom. The van der Waals surface area contributed by atoms with Gasteiger partial charge in [0.05, 0.1) is 29.2 Å². The van der Waals surface area contributed by atoms with Crippen LogP contribution in [0.5, 0.6) is 0 Å². The number of aromatic nitrogens is 2. The Balaban J connectivity index is 1.64. The number of imidazole rings is 1. The summed E-state index contributed by atoms with van der Waals surface area (Å²) in [6, 6.07) is 0.186. The summed E-state index contributed by atoms with van der Waals surface area (Å²) in [5.41, 5.74) is -0.488. The van der Waals surface area contributed by atoms with Crippen molar-refractivity contribution in [2.75, 3.05) is 13.1 Å². The van der Waals surface area contributed by atoms with Crippen LogP contribution in [0.3, 0.4) is 0 Å². The molecule has 2 aliphatic rings. The molecule has 0 spiro atoms. The first kappa shape index (κ1) is 19.2. The molecule has 0 radical (unpaired) electrons. The van der Waals surface area contributed by atoms with Crippen LogP contribution in [-0.2, 0) is 14.0 Å². The van der Waals surface area contributed by atoms with Crippen LogP contribution >= 0.6 is 0 Å². The van der Waals surface area contributed by atoms with Gasteiger partial charge in [0, 0.05) is 19.3 Å². The number of carbonyl (C=O) groups is 1. The quantitative estimate of drug-likeness (QED) is 0.755. The minimum atomic E-state index is -0.478. The predicted molar refractivity (Wildman–Crippen MR) is 99.4 cm³/mol. The standard InChI is InChI=1S/C18H30BN3O4/c1-16(2,3)24-15(23)21-9-8-13(10-21)22-11-14(20-12-22)19-25-17(4,5)18(6,7)26-19/h11-13H,8-10H2,1-7H3. The van der Waals surface area contributed by atoms with Gasteiger partial charge in [0.25, 0.3) is 0 Å². The average molecular weight is 363 g/mol. The summed E-state index contributed by atoms with van der Waals surface area (Å²) >= 11 is 0. The molecule has 144 valence electrons. The van der Waals surface area contributed by atoms with Gasteiger partial charge in [0.2, 0.25) is 0 Å². The van der Waals surface area contributed by atoms with Crippen molar-refractivity contribution in [1.29, 1.82) is 0 Å². The maximum atomic E-state index is 12.2. The van der Waals surface area contributed by atoms with Gasteiger partial charge in [-0.15, -0.1) is 0 Å². The van der Waals surface area contributed by atoms with Crippen molar-refractivity contribution < 1.29 is 18.8 Å². The van der Waals surface area contributed by atoms with Crippen LogP contribution in [0.1, 0.15) is 60.9 Å². The lowest BCUT2D eigenvalue weighted by atomic mass is 9.86. The molecule has 1 amide bonds. The number of amides is 1. The lowest BCUT2D eigenvalue weighted by Crippen LogP contribution is -2.41. The summed E-state index contributed by atoms with van der Waals surface area (Å²) < 4.78 is 19.6. The molecule has 26 heavy (non-hydrogen) atoms. The van der Waals surface area contributed by atoms with Gasteiger partial charge in [-0.2, -0.15) is 0 Å². The molecule has 0 bridgehead atoms. The Bertz CT molecular complexity index is 664. The molecule has 2 aliphatic heterocycles. The van der Waals surface area contributed by atoms with Crippen molar-refractivity contribution in [2.24, 2.45) is 0 Å². The fraction of sp³-hybridized carbons (Fsp3) is 0.778. The number of carbonyl (C=O) groups excluding carboxylic acids is 1. The second-order valence-electron chi connectivity index (χ2n) is 9.20. The summed E-state index contributed by atoms with van der Waals surface area (Å²) in [5, 5.41) is 0. The SMILES string of the molecule is CC(C)(C)OC(=O)N1CCC(n2cnc(B3OC(C)(C)C(C)(C)O3)c2)C1. The molecule has 1 aromatic rings. The summed E-state index contributed by atoms with van der Waals surface area (Å²) in [7, 11) is -0.468. The zero-order chi connectivity index (χ0) is 19.3. The highest BCUT2D eigenvalue weighted by atomic mass is 16.7. The third-order valence-corrected chi connectivity index (χ3v) is 5.35. The van der Waals surface area contributed by atoms with Crippen molar-refractivity contribution in [2.45, 2.75) is 77.7 Å². The normalized spacial score (nSPS) is 25.0. The van der Waals surface area contributed by atoms with E-state index >= 15 is 0 Å². The van der Waals surface area contributed by atoms with Gasteiger partial charge in [0.15, 0.2) is 0 Å². The van der Waals surface area contributed by atoms with Crippen LogP contribution in [0.4, 0.5) is 4.79 Å². The molecule has 0 aliphatic carbocycles. The highest BCUT2D eigenvalue weighted by molar-refractivity contribution is 6.61. The number of rotatable bonds is 2. The molecule has 1 aromatic heterocycles. The Labute approximate surface area is 156 Å². The minimum absolute atomic E-state index is 0.186. The fourth-order valence-electron chi connectivity index (χ4n) is 3.12. The van der Waals surface area contributed by atoms with E-state index in [-0.39, 0.29) is 23.3 Å². The maximum Gasteiger partial charge on any atom is 0.516 e. The average Bonchev–Trinajstić information content (AvgIpc) is 3.16. The molecule has 7 nitrogen and oxygen atoms in total. The Hall–Kier alpha value is -1.54. The molecule has 1 atom stereocenters. The first-order valence-corrected chi connectivity index (χ1v) is 9.25. The van der Waals surface area contributed by atoms with E-state index in [1.165, 1.54) is 0 Å². The van der Waals surface area contributed by atoms with Crippen LogP contribution < -0.4 is 5.59 Å². The molecular formula is C18H30BN3O4. The second-order valence-corrected chi connectivity index (χ2v) is 9.20. The van der Waals surface area contributed by atoms with Crippen LogP contribution in [-0.4, -0.2) is 57.6 Å². The van der Waals surface area contributed by atoms with E-state index in [1.807, 2.05) is 59.2 Å². The molecule has 3 heterocycles. The van der Waals surface area contributed by atoms with E-state index in [4.69, 9.17) is 14.0 Å². The predicted octanol–water partition coefficient (Wildman–Crippen LogP) is 2.36. The van der Waals surface area contributed by atoms with E-state index in [1.54, 1.807) is 11.2 Å². The fourth-order valence-corrected chi connectivity index (χ4v) is 3.12. The number of hydrogen-bond acceptors (Lipinski definition) is 5. The van der Waals surface area contributed by atoms with Crippen LogP contribution in [0.25, 0.3) is 0 Å². The first-order chi connectivity index (χ1) is 11.9. The van der Waals surface area contributed by atoms with Gasteiger partial charge in [-0.05, 0) is 54.9 Å². The van der Waals surface area contributed by atoms with E-state index in [0.717, 1.165) is 12.0 Å². The highest BCUT2D eigenvalue weighted by Crippen LogP contribution is 2.36. The molecule has 0 N–H and O–H groups in total. The van der Waals surface area contributed by atoms with Crippen molar-refractivity contribution in [3.8, 4) is 0 Å². The second kappa shape index (κ2) is 6.27. The van der Waals surface area contributed by atoms with Gasteiger partial charge in [-0.25, -0.2) is 9.78 Å². The molecule has 0 aromatic carbocycles. The van der Waals surface area contributed by atoms with Crippen LogP contribution in [0.15, 0.2) is 12.5 Å². The molecule has 1 unspecified atom stereocenters. The molecule has 3 rings (SSSR count). The van der Waals surface area contributed by atoms with E-state index in [0.29, 0.717) is 13.1 Å². The van der Waals surface area contributed by atoms with Crippen molar-refractivity contribution >= 4 is 18.8 Å². The Morgan fingerprint density at radius 2 is 1.88 bits per heavy atom. The van der Waals surface area contributed by atoms with Gasteiger partial charge in [-0.1, -0.05) is 0 Å². The molecule has 0 saturated carbocycles. The first-order valence-electron chi connectivity index (χ1n) is 9.25. The number of ether oxygens (including phenoxy) is 1. The smallest absolute Gasteiger partial charge is 0.444 e. The van der Waals surface area contributed by atoms with E-state index in [9.17, 15) is 4.79 Å². The monoisotopic (exact) mass is 363 g/mol. The lowest BCUT2D eigenvalue weighted by molar-refractivity contribution is 0.00578. The van der Waals surface area contributed by atoms with Crippen molar-refractivity contribution in [3.63, 3.8) is 0 Å². The van der Waals surface area contributed by atoms with Gasteiger partial charge >= 0.3 is 13.2 Å².